The van der Waals surface area contributed by atoms with Gasteiger partial charge in [-0.25, -0.2) is 0 Å². The predicted octanol–water partition coefficient (Wildman–Crippen LogP) is 0.933. The highest BCUT2D eigenvalue weighted by molar-refractivity contribution is 5.56. The second-order valence-corrected chi connectivity index (χ2v) is 5.83. The van der Waals surface area contributed by atoms with Crippen molar-refractivity contribution in [1.29, 1.82) is 0 Å². The molecule has 0 saturated heterocycles. The zero-order chi connectivity index (χ0) is 14.4. The second-order valence-electron chi connectivity index (χ2n) is 5.83. The summed E-state index contributed by atoms with van der Waals surface area (Å²) in [6.45, 7) is 0.178. The Balaban J connectivity index is 1.73. The van der Waals surface area contributed by atoms with Crippen molar-refractivity contribution >= 4 is 17.5 Å². The van der Waals surface area contributed by atoms with Crippen LogP contribution < -0.4 is 11.1 Å². The van der Waals surface area contributed by atoms with Crippen LogP contribution in [-0.4, -0.2) is 37.3 Å². The zero-order valence-electron chi connectivity index (χ0n) is 11.6. The van der Waals surface area contributed by atoms with E-state index in [1.165, 1.54) is 0 Å². The van der Waals surface area contributed by atoms with Gasteiger partial charge in [-0.1, -0.05) is 12.2 Å². The molecule has 1 fully saturated rings. The highest BCUT2D eigenvalue weighted by Gasteiger charge is 2.26. The first-order chi connectivity index (χ1) is 10.2. The van der Waals surface area contributed by atoms with E-state index >= 15 is 0 Å². The number of nitrogens with two attached hydrogens (primary N) is 1. The average Bonchev–Trinajstić information content (AvgIpc) is 3.01. The summed E-state index contributed by atoms with van der Waals surface area (Å²) in [6, 6.07) is 0.472. The fourth-order valence-corrected chi connectivity index (χ4v) is 2.82. The van der Waals surface area contributed by atoms with Crippen molar-refractivity contribution in [1.82, 2.24) is 19.6 Å². The maximum absolute atomic E-state index is 9.26. The number of aliphatic hydroxyl groups excluding tert-OH is 1. The Kier molecular flexibility index (Phi) is 2.81. The van der Waals surface area contributed by atoms with E-state index in [1.54, 1.807) is 4.52 Å². The molecule has 2 aliphatic rings. The zero-order valence-corrected chi connectivity index (χ0v) is 11.6. The van der Waals surface area contributed by atoms with Gasteiger partial charge in [-0.3, -0.25) is 0 Å². The normalized spacial score (nSPS) is 24.8. The Morgan fingerprint density at radius 2 is 2.19 bits per heavy atom. The lowest BCUT2D eigenvalue weighted by Crippen LogP contribution is -2.12. The topological polar surface area (TPSA) is 101 Å². The molecule has 0 aliphatic heterocycles. The minimum absolute atomic E-state index is 0.178. The van der Waals surface area contributed by atoms with Crippen LogP contribution in [0, 0.1) is 5.92 Å². The minimum atomic E-state index is 0.178. The van der Waals surface area contributed by atoms with Gasteiger partial charge in [-0.2, -0.15) is 19.6 Å². The standard InChI is InChI=1S/C14H18N6O/c15-13-18-12-11(9-2-1-8(5-9)7-21)6-16-20(12)14(19-13)17-10-3-4-10/h1-2,6,8-10,21H,3-5,7H2,(H3,15,17,18,19). The highest BCUT2D eigenvalue weighted by atomic mass is 16.3. The van der Waals surface area contributed by atoms with Crippen molar-refractivity contribution in [2.75, 3.05) is 17.7 Å². The molecule has 0 aromatic carbocycles. The Labute approximate surface area is 121 Å². The van der Waals surface area contributed by atoms with Crippen LogP contribution >= 0.6 is 0 Å². The van der Waals surface area contributed by atoms with Crippen molar-refractivity contribution in [3.05, 3.63) is 23.9 Å². The molecule has 0 radical (unpaired) electrons. The molecule has 2 heterocycles. The molecule has 2 aliphatic carbocycles. The summed E-state index contributed by atoms with van der Waals surface area (Å²) in [5, 5.41) is 17.0. The number of nitrogens with zero attached hydrogens (tertiary/aromatic N) is 4. The van der Waals surface area contributed by atoms with E-state index in [4.69, 9.17) is 5.73 Å². The molecule has 1 saturated carbocycles. The van der Waals surface area contributed by atoms with Gasteiger partial charge in [0, 0.05) is 30.0 Å². The van der Waals surface area contributed by atoms with E-state index in [9.17, 15) is 5.11 Å². The van der Waals surface area contributed by atoms with E-state index in [0.29, 0.717) is 12.0 Å². The fourth-order valence-electron chi connectivity index (χ4n) is 2.82. The molecule has 2 atom stereocenters. The molecule has 2 unspecified atom stereocenters. The molecule has 0 spiro atoms. The quantitative estimate of drug-likeness (QED) is 0.723. The van der Waals surface area contributed by atoms with Gasteiger partial charge in [0.1, 0.15) is 0 Å². The van der Waals surface area contributed by atoms with Gasteiger partial charge < -0.3 is 16.2 Å². The first kappa shape index (κ1) is 12.6. The van der Waals surface area contributed by atoms with Crippen molar-refractivity contribution < 1.29 is 5.11 Å². The monoisotopic (exact) mass is 286 g/mol. The van der Waals surface area contributed by atoms with Crippen molar-refractivity contribution in [2.24, 2.45) is 5.92 Å². The third kappa shape index (κ3) is 2.23. The van der Waals surface area contributed by atoms with Gasteiger partial charge >= 0.3 is 0 Å². The van der Waals surface area contributed by atoms with Gasteiger partial charge in [-0.15, -0.1) is 0 Å². The van der Waals surface area contributed by atoms with Crippen molar-refractivity contribution in [2.45, 2.75) is 31.2 Å². The molecule has 7 nitrogen and oxygen atoms in total. The number of hydrogen-bond acceptors (Lipinski definition) is 6. The molecule has 2 aromatic rings. The smallest absolute Gasteiger partial charge is 0.229 e. The molecule has 21 heavy (non-hydrogen) atoms. The Morgan fingerprint density at radius 1 is 1.33 bits per heavy atom. The molecule has 2 aromatic heterocycles. The van der Waals surface area contributed by atoms with Crippen LogP contribution in [-0.2, 0) is 0 Å². The molecule has 0 bridgehead atoms. The lowest BCUT2D eigenvalue weighted by Gasteiger charge is -2.10. The predicted molar refractivity (Wildman–Crippen MR) is 78.9 cm³/mol. The van der Waals surface area contributed by atoms with E-state index in [-0.39, 0.29) is 24.4 Å². The van der Waals surface area contributed by atoms with Crippen LogP contribution in [0.15, 0.2) is 18.3 Å². The average molecular weight is 286 g/mol. The maximum Gasteiger partial charge on any atom is 0.229 e. The first-order valence-corrected chi connectivity index (χ1v) is 7.31. The molecular formula is C14H18N6O. The Hall–Kier alpha value is -2.15. The summed E-state index contributed by atoms with van der Waals surface area (Å²) in [5.74, 6) is 1.36. The second kappa shape index (κ2) is 4.70. The van der Waals surface area contributed by atoms with Gasteiger partial charge in [0.25, 0.3) is 0 Å². The van der Waals surface area contributed by atoms with E-state index in [2.05, 4.69) is 32.5 Å². The van der Waals surface area contributed by atoms with E-state index in [0.717, 1.165) is 30.5 Å². The molecule has 0 amide bonds. The third-order valence-corrected chi connectivity index (χ3v) is 4.13. The third-order valence-electron chi connectivity index (χ3n) is 4.13. The summed E-state index contributed by atoms with van der Waals surface area (Å²) in [6.07, 6.45) is 9.20. The van der Waals surface area contributed by atoms with Crippen molar-refractivity contribution in [3.63, 3.8) is 0 Å². The summed E-state index contributed by atoms with van der Waals surface area (Å²) in [5.41, 5.74) is 7.63. The lowest BCUT2D eigenvalue weighted by molar-refractivity contribution is 0.249. The number of nitrogen functional groups attached to an aromatic ring is 1. The SMILES string of the molecule is Nc1nc(NC2CC2)n2ncc(C3C=CC(CO)C3)c2n1. The van der Waals surface area contributed by atoms with Crippen LogP contribution in [0.3, 0.4) is 0 Å². The Bertz CT molecular complexity index is 705. The van der Waals surface area contributed by atoms with Gasteiger partial charge in [0.2, 0.25) is 11.9 Å². The molecule has 7 heteroatoms. The Morgan fingerprint density at radius 3 is 2.90 bits per heavy atom. The van der Waals surface area contributed by atoms with Crippen LogP contribution in [0.1, 0.15) is 30.7 Å². The van der Waals surface area contributed by atoms with Gasteiger partial charge in [-0.05, 0) is 19.3 Å². The highest BCUT2D eigenvalue weighted by Crippen LogP contribution is 2.34. The fraction of sp³-hybridized carbons (Fsp3) is 0.500. The summed E-state index contributed by atoms with van der Waals surface area (Å²) in [4.78, 5) is 8.60. The summed E-state index contributed by atoms with van der Waals surface area (Å²) >= 11 is 0. The molecule has 4 N–H and O–H groups in total. The van der Waals surface area contributed by atoms with Crippen LogP contribution in [0.25, 0.3) is 5.65 Å². The largest absolute Gasteiger partial charge is 0.396 e. The molecule has 4 rings (SSSR count). The lowest BCUT2D eigenvalue weighted by atomic mass is 9.98. The first-order valence-electron chi connectivity index (χ1n) is 7.31. The minimum Gasteiger partial charge on any atom is -0.396 e. The number of fused-ring (bicyclic) bond motifs is 1. The maximum atomic E-state index is 9.26. The number of hydrogen-bond donors (Lipinski definition) is 3. The van der Waals surface area contributed by atoms with Crippen LogP contribution in [0.4, 0.5) is 11.9 Å². The number of aliphatic hydroxyl groups is 1. The number of nitrogens with one attached hydrogen (secondary N) is 1. The summed E-state index contributed by atoms with van der Waals surface area (Å²) in [7, 11) is 0. The van der Waals surface area contributed by atoms with Gasteiger partial charge in [0.15, 0.2) is 5.65 Å². The number of allylic oxidation sites excluding steroid dienone is 1. The molecule has 110 valence electrons. The van der Waals surface area contributed by atoms with Crippen LogP contribution in [0.2, 0.25) is 0 Å². The summed E-state index contributed by atoms with van der Waals surface area (Å²) < 4.78 is 1.73. The number of aromatic nitrogens is 4. The number of rotatable bonds is 4. The van der Waals surface area contributed by atoms with Gasteiger partial charge in [0.05, 0.1) is 6.20 Å². The van der Waals surface area contributed by atoms with Crippen LogP contribution in [0.5, 0.6) is 0 Å². The van der Waals surface area contributed by atoms with E-state index in [1.807, 2.05) is 6.20 Å². The van der Waals surface area contributed by atoms with Crippen molar-refractivity contribution in [3.8, 4) is 0 Å². The van der Waals surface area contributed by atoms with E-state index < -0.39 is 0 Å². The molecular weight excluding hydrogens is 268 g/mol. The number of anilines is 2.